The third-order valence-corrected chi connectivity index (χ3v) is 4.91. The van der Waals surface area contributed by atoms with Crippen molar-refractivity contribution in [3.05, 3.63) is 64.1 Å². The molecule has 0 bridgehead atoms. The van der Waals surface area contributed by atoms with E-state index in [1.54, 1.807) is 18.8 Å². The summed E-state index contributed by atoms with van der Waals surface area (Å²) in [5.41, 5.74) is 4.61. The highest BCUT2D eigenvalue weighted by molar-refractivity contribution is 5.73. The maximum Gasteiger partial charge on any atom is 0.350 e. The first-order chi connectivity index (χ1) is 13.1. The summed E-state index contributed by atoms with van der Waals surface area (Å²) in [5, 5.41) is 3.26. The Kier molecular flexibility index (Phi) is 4.32. The minimum absolute atomic E-state index is 0.260. The standard InChI is InChI=1S/C21H21N3O3/c1-13-5-4-6-18(27-3)20(13)22-19-12-17-16-8-7-15(26-2)11-14(16)9-10-24(17)21(25)23-19/h4-8,11-12H,9-10H2,1-3H3,(H,22,23,25). The Morgan fingerprint density at radius 1 is 1.11 bits per heavy atom. The average Bonchev–Trinajstić information content (AvgIpc) is 2.68. The van der Waals surface area contributed by atoms with E-state index in [2.05, 4.69) is 10.3 Å². The lowest BCUT2D eigenvalue weighted by molar-refractivity contribution is 0.414. The number of benzene rings is 2. The van der Waals surface area contributed by atoms with Crippen LogP contribution in [-0.4, -0.2) is 23.8 Å². The fraction of sp³-hybridized carbons (Fsp3) is 0.238. The van der Waals surface area contributed by atoms with E-state index < -0.39 is 0 Å². The minimum atomic E-state index is -0.260. The highest BCUT2D eigenvalue weighted by atomic mass is 16.5. The number of nitrogens with zero attached hydrogens (tertiary/aromatic N) is 2. The molecule has 138 valence electrons. The van der Waals surface area contributed by atoms with Crippen molar-refractivity contribution in [1.82, 2.24) is 9.55 Å². The van der Waals surface area contributed by atoms with Crippen LogP contribution < -0.4 is 20.5 Å². The molecule has 1 aliphatic rings. The van der Waals surface area contributed by atoms with E-state index in [1.807, 2.05) is 49.4 Å². The van der Waals surface area contributed by atoms with Crippen molar-refractivity contribution in [2.45, 2.75) is 19.9 Å². The maximum absolute atomic E-state index is 12.6. The van der Waals surface area contributed by atoms with Gasteiger partial charge in [-0.3, -0.25) is 4.57 Å². The van der Waals surface area contributed by atoms with Gasteiger partial charge in [0.15, 0.2) is 0 Å². The number of ether oxygens (including phenoxy) is 2. The number of rotatable bonds is 4. The lowest BCUT2D eigenvalue weighted by Gasteiger charge is -2.22. The third-order valence-electron chi connectivity index (χ3n) is 4.91. The van der Waals surface area contributed by atoms with Crippen LogP contribution in [-0.2, 0) is 13.0 Å². The molecule has 27 heavy (non-hydrogen) atoms. The van der Waals surface area contributed by atoms with E-state index in [1.165, 1.54) is 5.56 Å². The Bertz CT molecular complexity index is 1070. The number of nitrogens with one attached hydrogen (secondary N) is 1. The summed E-state index contributed by atoms with van der Waals surface area (Å²) in [6.07, 6.45) is 0.777. The molecule has 0 saturated heterocycles. The van der Waals surface area contributed by atoms with Gasteiger partial charge >= 0.3 is 5.69 Å². The smallest absolute Gasteiger partial charge is 0.350 e. The van der Waals surface area contributed by atoms with Gasteiger partial charge in [0.25, 0.3) is 0 Å². The van der Waals surface area contributed by atoms with Crippen molar-refractivity contribution in [3.63, 3.8) is 0 Å². The van der Waals surface area contributed by atoms with Crippen LogP contribution in [0.1, 0.15) is 11.1 Å². The number of anilines is 2. The first-order valence-electron chi connectivity index (χ1n) is 8.80. The predicted molar refractivity (Wildman–Crippen MR) is 105 cm³/mol. The number of hydrogen-bond acceptors (Lipinski definition) is 5. The van der Waals surface area contributed by atoms with E-state index in [9.17, 15) is 4.79 Å². The van der Waals surface area contributed by atoms with Gasteiger partial charge in [-0.25, -0.2) is 4.79 Å². The molecule has 6 heteroatoms. The summed E-state index contributed by atoms with van der Waals surface area (Å²) >= 11 is 0. The number of para-hydroxylation sites is 1. The molecular formula is C21H21N3O3. The summed E-state index contributed by atoms with van der Waals surface area (Å²) in [5.74, 6) is 2.03. The Hall–Kier alpha value is -3.28. The number of aryl methyl sites for hydroxylation is 2. The Morgan fingerprint density at radius 3 is 2.74 bits per heavy atom. The number of aromatic nitrogens is 2. The van der Waals surface area contributed by atoms with Gasteiger partial charge < -0.3 is 14.8 Å². The van der Waals surface area contributed by atoms with Crippen LogP contribution in [0.25, 0.3) is 11.3 Å². The monoisotopic (exact) mass is 363 g/mol. The minimum Gasteiger partial charge on any atom is -0.497 e. The fourth-order valence-electron chi connectivity index (χ4n) is 3.49. The first-order valence-corrected chi connectivity index (χ1v) is 8.80. The van der Waals surface area contributed by atoms with Crippen molar-refractivity contribution in [3.8, 4) is 22.8 Å². The summed E-state index contributed by atoms with van der Waals surface area (Å²) in [6.45, 7) is 2.59. The zero-order valence-electron chi connectivity index (χ0n) is 15.6. The normalized spacial score (nSPS) is 12.1. The van der Waals surface area contributed by atoms with E-state index in [0.717, 1.165) is 34.7 Å². The molecule has 4 rings (SSSR count). The molecule has 1 aromatic heterocycles. The molecule has 0 amide bonds. The van der Waals surface area contributed by atoms with E-state index in [4.69, 9.17) is 9.47 Å². The highest BCUT2D eigenvalue weighted by Gasteiger charge is 2.19. The molecule has 0 unspecified atom stereocenters. The quantitative estimate of drug-likeness (QED) is 0.768. The Balaban J connectivity index is 1.80. The van der Waals surface area contributed by atoms with Crippen molar-refractivity contribution in [1.29, 1.82) is 0 Å². The molecule has 0 atom stereocenters. The predicted octanol–water partition coefficient (Wildman–Crippen LogP) is 3.54. The second kappa shape index (κ2) is 6.79. The molecule has 1 N–H and O–H groups in total. The molecule has 6 nitrogen and oxygen atoms in total. The molecule has 3 aromatic rings. The molecule has 0 saturated carbocycles. The number of hydrogen-bond donors (Lipinski definition) is 1. The van der Waals surface area contributed by atoms with Gasteiger partial charge in [-0.1, -0.05) is 12.1 Å². The highest BCUT2D eigenvalue weighted by Crippen LogP contribution is 2.34. The summed E-state index contributed by atoms with van der Waals surface area (Å²) in [4.78, 5) is 16.8. The molecule has 1 aliphatic heterocycles. The molecule has 0 radical (unpaired) electrons. The largest absolute Gasteiger partial charge is 0.497 e. The molecule has 0 aliphatic carbocycles. The molecule has 2 heterocycles. The average molecular weight is 363 g/mol. The van der Waals surface area contributed by atoms with Gasteiger partial charge in [0.1, 0.15) is 17.3 Å². The van der Waals surface area contributed by atoms with Gasteiger partial charge in [0.2, 0.25) is 0 Å². The SMILES string of the molecule is COc1ccc2c(c1)CCn1c-2cc(Nc2c(C)cccc2OC)nc1=O. The van der Waals surface area contributed by atoms with Crippen LogP contribution >= 0.6 is 0 Å². The number of fused-ring (bicyclic) bond motifs is 3. The summed E-state index contributed by atoms with van der Waals surface area (Å²) in [6, 6.07) is 13.6. The van der Waals surface area contributed by atoms with E-state index in [-0.39, 0.29) is 5.69 Å². The van der Waals surface area contributed by atoms with Gasteiger partial charge in [-0.15, -0.1) is 0 Å². The van der Waals surface area contributed by atoms with E-state index in [0.29, 0.717) is 18.1 Å². The van der Waals surface area contributed by atoms with Crippen LogP contribution in [0.3, 0.4) is 0 Å². The van der Waals surface area contributed by atoms with Crippen LogP contribution in [0.15, 0.2) is 47.3 Å². The molecule has 0 spiro atoms. The Labute approximate surface area is 157 Å². The van der Waals surface area contributed by atoms with Gasteiger partial charge in [-0.05, 0) is 48.7 Å². The van der Waals surface area contributed by atoms with Crippen LogP contribution in [0.2, 0.25) is 0 Å². The second-order valence-electron chi connectivity index (χ2n) is 6.51. The van der Waals surface area contributed by atoms with Crippen molar-refractivity contribution >= 4 is 11.5 Å². The third kappa shape index (κ3) is 3.03. The van der Waals surface area contributed by atoms with Gasteiger partial charge in [-0.2, -0.15) is 4.98 Å². The summed E-state index contributed by atoms with van der Waals surface area (Å²) < 4.78 is 12.5. The van der Waals surface area contributed by atoms with Crippen LogP contribution in [0.4, 0.5) is 11.5 Å². The molecular weight excluding hydrogens is 342 g/mol. The summed E-state index contributed by atoms with van der Waals surface area (Å²) in [7, 11) is 3.28. The maximum atomic E-state index is 12.6. The van der Waals surface area contributed by atoms with Crippen LogP contribution in [0, 0.1) is 6.92 Å². The van der Waals surface area contributed by atoms with Gasteiger partial charge in [0.05, 0.1) is 25.6 Å². The number of methoxy groups -OCH3 is 2. The zero-order valence-corrected chi connectivity index (χ0v) is 15.6. The van der Waals surface area contributed by atoms with Crippen molar-refractivity contribution in [2.24, 2.45) is 0 Å². The van der Waals surface area contributed by atoms with E-state index >= 15 is 0 Å². The zero-order chi connectivity index (χ0) is 19.0. The molecule has 0 fully saturated rings. The second-order valence-corrected chi connectivity index (χ2v) is 6.51. The fourth-order valence-corrected chi connectivity index (χ4v) is 3.49. The van der Waals surface area contributed by atoms with Gasteiger partial charge in [0, 0.05) is 18.2 Å². The lowest BCUT2D eigenvalue weighted by atomic mass is 9.97. The first kappa shape index (κ1) is 17.1. The Morgan fingerprint density at radius 2 is 1.96 bits per heavy atom. The van der Waals surface area contributed by atoms with Crippen molar-refractivity contribution in [2.75, 3.05) is 19.5 Å². The lowest BCUT2D eigenvalue weighted by Crippen LogP contribution is -2.28. The molecule has 2 aromatic carbocycles. The van der Waals surface area contributed by atoms with Crippen LogP contribution in [0.5, 0.6) is 11.5 Å². The topological polar surface area (TPSA) is 65.4 Å². The van der Waals surface area contributed by atoms with Crippen molar-refractivity contribution < 1.29 is 9.47 Å².